The second-order valence-corrected chi connectivity index (χ2v) is 7.45. The second kappa shape index (κ2) is 6.94. The largest absolute Gasteiger partial charge is 0.472 e. The smallest absolute Gasteiger partial charge is 0.257 e. The number of pyridine rings is 1. The number of hydrogen-bond acceptors (Lipinski definition) is 4. The van der Waals surface area contributed by atoms with Crippen LogP contribution in [0.25, 0.3) is 0 Å². The third-order valence-electron chi connectivity index (χ3n) is 5.59. The molecular formula is C20H23N3O3. The molecule has 6 nitrogen and oxygen atoms in total. The standard InChI is InChI=1S/C20H23N3O3/c24-18-2-7-20(15-23(18)12-16-3-8-21-9-4-16)6-1-10-22(14-20)19(25)17-5-11-26-13-17/h3-5,8-9,11,13H,1-2,6-7,10,12,14-15H2/t20-/m0/s1. The predicted octanol–water partition coefficient (Wildman–Crippen LogP) is 2.72. The van der Waals surface area contributed by atoms with Gasteiger partial charge < -0.3 is 14.2 Å². The van der Waals surface area contributed by atoms with Crippen molar-refractivity contribution in [3.05, 3.63) is 54.2 Å². The van der Waals surface area contributed by atoms with E-state index >= 15 is 0 Å². The highest BCUT2D eigenvalue weighted by Gasteiger charge is 2.42. The SMILES string of the molecule is O=C1CC[C@]2(CCCN(C(=O)c3ccoc3)C2)CN1Cc1ccncc1. The minimum atomic E-state index is -0.00140. The topological polar surface area (TPSA) is 66.7 Å². The van der Waals surface area contributed by atoms with Crippen molar-refractivity contribution in [1.82, 2.24) is 14.8 Å². The molecule has 136 valence electrons. The average Bonchev–Trinajstić information content (AvgIpc) is 3.20. The number of rotatable bonds is 3. The molecule has 2 saturated heterocycles. The summed E-state index contributed by atoms with van der Waals surface area (Å²) in [6, 6.07) is 5.61. The van der Waals surface area contributed by atoms with Crippen LogP contribution < -0.4 is 0 Å². The van der Waals surface area contributed by atoms with Crippen LogP contribution in [-0.4, -0.2) is 46.2 Å². The normalized spacial score (nSPS) is 23.5. The third kappa shape index (κ3) is 3.36. The maximum absolute atomic E-state index is 12.7. The Kier molecular flexibility index (Phi) is 4.49. The molecule has 6 heteroatoms. The van der Waals surface area contributed by atoms with Crippen molar-refractivity contribution < 1.29 is 14.0 Å². The van der Waals surface area contributed by atoms with Gasteiger partial charge in [-0.1, -0.05) is 0 Å². The van der Waals surface area contributed by atoms with Gasteiger partial charge in [0, 0.05) is 50.4 Å². The van der Waals surface area contributed by atoms with Gasteiger partial charge in [0.05, 0.1) is 11.8 Å². The molecule has 2 aliphatic rings. The molecule has 4 heterocycles. The van der Waals surface area contributed by atoms with Crippen LogP contribution >= 0.6 is 0 Å². The fraction of sp³-hybridized carbons (Fsp3) is 0.450. The fourth-order valence-electron chi connectivity index (χ4n) is 4.24. The molecule has 2 aromatic rings. The molecule has 4 rings (SSSR count). The zero-order valence-corrected chi connectivity index (χ0v) is 14.8. The van der Waals surface area contributed by atoms with Crippen molar-refractivity contribution in [3.8, 4) is 0 Å². The van der Waals surface area contributed by atoms with E-state index in [1.807, 2.05) is 21.9 Å². The summed E-state index contributed by atoms with van der Waals surface area (Å²) in [4.78, 5) is 33.1. The van der Waals surface area contributed by atoms with E-state index in [0.29, 0.717) is 31.6 Å². The van der Waals surface area contributed by atoms with Crippen LogP contribution in [0.2, 0.25) is 0 Å². The summed E-state index contributed by atoms with van der Waals surface area (Å²) in [7, 11) is 0. The Morgan fingerprint density at radius 1 is 1.19 bits per heavy atom. The molecule has 0 aliphatic carbocycles. The molecule has 1 spiro atoms. The average molecular weight is 353 g/mol. The highest BCUT2D eigenvalue weighted by molar-refractivity contribution is 5.94. The van der Waals surface area contributed by atoms with E-state index in [2.05, 4.69) is 4.98 Å². The number of piperidine rings is 2. The van der Waals surface area contributed by atoms with Crippen molar-refractivity contribution in [2.75, 3.05) is 19.6 Å². The first kappa shape index (κ1) is 16.8. The van der Waals surface area contributed by atoms with E-state index in [1.54, 1.807) is 18.5 Å². The van der Waals surface area contributed by atoms with Crippen molar-refractivity contribution in [1.29, 1.82) is 0 Å². The third-order valence-corrected chi connectivity index (χ3v) is 5.59. The first-order valence-electron chi connectivity index (χ1n) is 9.13. The quantitative estimate of drug-likeness (QED) is 0.851. The van der Waals surface area contributed by atoms with E-state index in [0.717, 1.165) is 31.4 Å². The van der Waals surface area contributed by atoms with Crippen molar-refractivity contribution in [2.45, 2.75) is 32.2 Å². The van der Waals surface area contributed by atoms with Gasteiger partial charge in [-0.15, -0.1) is 0 Å². The molecule has 0 aromatic carbocycles. The first-order chi connectivity index (χ1) is 12.7. The van der Waals surface area contributed by atoms with Gasteiger partial charge in [-0.3, -0.25) is 14.6 Å². The lowest BCUT2D eigenvalue weighted by Gasteiger charge is -2.48. The van der Waals surface area contributed by atoms with E-state index in [9.17, 15) is 9.59 Å². The van der Waals surface area contributed by atoms with Crippen LogP contribution in [0.3, 0.4) is 0 Å². The number of carbonyl (C=O) groups is 2. The number of likely N-dealkylation sites (tertiary alicyclic amines) is 2. The van der Waals surface area contributed by atoms with Gasteiger partial charge in [-0.25, -0.2) is 0 Å². The van der Waals surface area contributed by atoms with E-state index in [1.165, 1.54) is 12.5 Å². The number of aromatic nitrogens is 1. The van der Waals surface area contributed by atoms with Gasteiger partial charge in [0.2, 0.25) is 5.91 Å². The van der Waals surface area contributed by atoms with Crippen molar-refractivity contribution >= 4 is 11.8 Å². The summed E-state index contributed by atoms with van der Waals surface area (Å²) in [5.74, 6) is 0.223. The number of furan rings is 1. The molecule has 0 radical (unpaired) electrons. The predicted molar refractivity (Wildman–Crippen MR) is 95.2 cm³/mol. The molecule has 2 fully saturated rings. The highest BCUT2D eigenvalue weighted by Crippen LogP contribution is 2.39. The summed E-state index contributed by atoms with van der Waals surface area (Å²) < 4.78 is 5.06. The molecule has 2 amide bonds. The van der Waals surface area contributed by atoms with Crippen LogP contribution in [0.15, 0.2) is 47.5 Å². The van der Waals surface area contributed by atoms with Crippen LogP contribution in [0.4, 0.5) is 0 Å². The minimum absolute atomic E-state index is 0.00140. The lowest BCUT2D eigenvalue weighted by molar-refractivity contribution is -0.139. The fourth-order valence-corrected chi connectivity index (χ4v) is 4.24. The van der Waals surface area contributed by atoms with Crippen molar-refractivity contribution in [3.63, 3.8) is 0 Å². The zero-order valence-electron chi connectivity index (χ0n) is 14.8. The molecule has 26 heavy (non-hydrogen) atoms. The first-order valence-corrected chi connectivity index (χ1v) is 9.13. The number of amides is 2. The summed E-state index contributed by atoms with van der Waals surface area (Å²) in [6.45, 7) is 2.79. The number of carbonyl (C=O) groups excluding carboxylic acids is 2. The Bertz CT molecular complexity index is 775. The van der Waals surface area contributed by atoms with Crippen LogP contribution in [0.1, 0.15) is 41.6 Å². The Hall–Kier alpha value is -2.63. The Balaban J connectivity index is 1.48. The van der Waals surface area contributed by atoms with E-state index in [-0.39, 0.29) is 17.2 Å². The van der Waals surface area contributed by atoms with Gasteiger partial charge in [0.15, 0.2) is 0 Å². The van der Waals surface area contributed by atoms with Gasteiger partial charge >= 0.3 is 0 Å². The molecule has 0 bridgehead atoms. The summed E-state index contributed by atoms with van der Waals surface area (Å²) >= 11 is 0. The molecule has 2 aliphatic heterocycles. The van der Waals surface area contributed by atoms with Crippen LogP contribution in [0, 0.1) is 5.41 Å². The van der Waals surface area contributed by atoms with E-state index in [4.69, 9.17) is 4.42 Å². The lowest BCUT2D eigenvalue weighted by atomic mass is 9.73. The molecule has 1 atom stereocenters. The summed E-state index contributed by atoms with van der Waals surface area (Å²) in [5.41, 5.74) is 1.69. The van der Waals surface area contributed by atoms with Crippen molar-refractivity contribution in [2.24, 2.45) is 5.41 Å². The maximum Gasteiger partial charge on any atom is 0.257 e. The second-order valence-electron chi connectivity index (χ2n) is 7.45. The highest BCUT2D eigenvalue weighted by atomic mass is 16.3. The monoisotopic (exact) mass is 353 g/mol. The van der Waals surface area contributed by atoms with Gasteiger partial charge in [-0.05, 0) is 43.0 Å². The molecule has 2 aromatic heterocycles. The summed E-state index contributed by atoms with van der Waals surface area (Å²) in [6.07, 6.45) is 9.99. The van der Waals surface area contributed by atoms with Gasteiger partial charge in [0.25, 0.3) is 5.91 Å². The van der Waals surface area contributed by atoms with Gasteiger partial charge in [-0.2, -0.15) is 0 Å². The van der Waals surface area contributed by atoms with E-state index < -0.39 is 0 Å². The minimum Gasteiger partial charge on any atom is -0.472 e. The van der Waals surface area contributed by atoms with Crippen LogP contribution in [0.5, 0.6) is 0 Å². The number of nitrogens with zero attached hydrogens (tertiary/aromatic N) is 3. The van der Waals surface area contributed by atoms with Gasteiger partial charge in [0.1, 0.15) is 6.26 Å². The molecule has 0 saturated carbocycles. The van der Waals surface area contributed by atoms with Crippen LogP contribution in [-0.2, 0) is 11.3 Å². The number of hydrogen-bond donors (Lipinski definition) is 0. The summed E-state index contributed by atoms with van der Waals surface area (Å²) in [5, 5.41) is 0. The Morgan fingerprint density at radius 2 is 2.04 bits per heavy atom. The zero-order chi connectivity index (χ0) is 18.0. The Morgan fingerprint density at radius 3 is 2.81 bits per heavy atom. The maximum atomic E-state index is 12.7. The molecule has 0 unspecified atom stereocenters. The lowest BCUT2D eigenvalue weighted by Crippen LogP contribution is -2.54. The molecule has 0 N–H and O–H groups in total. The Labute approximate surface area is 152 Å². The molecular weight excluding hydrogens is 330 g/mol.